The number of rotatable bonds is 8. The van der Waals surface area contributed by atoms with Crippen molar-refractivity contribution in [1.29, 1.82) is 5.26 Å². The van der Waals surface area contributed by atoms with Crippen molar-refractivity contribution in [3.05, 3.63) is 58.8 Å². The minimum atomic E-state index is -4.25. The van der Waals surface area contributed by atoms with Gasteiger partial charge in [-0.05, 0) is 85.0 Å². The Balaban J connectivity index is 1.71. The molecule has 0 atom stereocenters. The number of nitrogens with zero attached hydrogens (tertiary/aromatic N) is 2. The van der Waals surface area contributed by atoms with Gasteiger partial charge in [-0.3, -0.25) is 4.79 Å². The highest BCUT2D eigenvalue weighted by Crippen LogP contribution is 2.37. The molecule has 0 aliphatic carbocycles. The number of primary amides is 1. The number of benzene rings is 2. The Kier molecular flexibility index (Phi) is 7.85. The zero-order chi connectivity index (χ0) is 27.7. The van der Waals surface area contributed by atoms with E-state index in [4.69, 9.17) is 5.73 Å². The van der Waals surface area contributed by atoms with Gasteiger partial charge in [0.05, 0.1) is 28.5 Å². The van der Waals surface area contributed by atoms with Crippen LogP contribution in [0, 0.1) is 11.3 Å². The molecule has 1 amide bonds. The van der Waals surface area contributed by atoms with Crippen LogP contribution in [-0.2, 0) is 16.4 Å². The summed E-state index contributed by atoms with van der Waals surface area (Å²) in [6.45, 7) is 2.43. The molecule has 0 spiro atoms. The van der Waals surface area contributed by atoms with Gasteiger partial charge in [0.15, 0.2) is 0 Å². The van der Waals surface area contributed by atoms with Gasteiger partial charge >= 0.3 is 6.18 Å². The number of nitrogens with one attached hydrogen (secondary N) is 1. The number of alkyl halides is 3. The van der Waals surface area contributed by atoms with Crippen LogP contribution in [0.15, 0.2) is 36.5 Å². The highest BCUT2D eigenvalue weighted by Gasteiger charge is 2.29. The third-order valence-corrected chi connectivity index (χ3v) is 9.00. The fraction of sp³-hybridized carbons (Fsp3) is 0.407. The first-order chi connectivity index (χ1) is 17.9. The van der Waals surface area contributed by atoms with E-state index in [-0.39, 0.29) is 30.1 Å². The third kappa shape index (κ3) is 6.03. The maximum Gasteiger partial charge on any atom is 0.389 e. The van der Waals surface area contributed by atoms with E-state index < -0.39 is 28.5 Å². The van der Waals surface area contributed by atoms with Gasteiger partial charge in [0.25, 0.3) is 5.91 Å². The molecule has 0 bridgehead atoms. The number of nitrogens with two attached hydrogens (primary N) is 1. The molecule has 1 aliphatic rings. The van der Waals surface area contributed by atoms with Crippen LogP contribution in [0.4, 0.5) is 13.2 Å². The zero-order valence-corrected chi connectivity index (χ0v) is 21.8. The van der Waals surface area contributed by atoms with Crippen LogP contribution in [-0.4, -0.2) is 48.6 Å². The van der Waals surface area contributed by atoms with Gasteiger partial charge in [-0.15, -0.1) is 0 Å². The first-order valence-electron chi connectivity index (χ1n) is 12.5. The smallest absolute Gasteiger partial charge is 0.366 e. The van der Waals surface area contributed by atoms with Crippen LogP contribution in [0.1, 0.15) is 65.6 Å². The van der Waals surface area contributed by atoms with Gasteiger partial charge in [0, 0.05) is 31.1 Å². The van der Waals surface area contributed by atoms with E-state index in [1.807, 2.05) is 12.3 Å². The number of carbonyl (C=O) groups is 1. The molecule has 38 heavy (non-hydrogen) atoms. The van der Waals surface area contributed by atoms with Crippen molar-refractivity contribution in [3.8, 4) is 17.2 Å². The van der Waals surface area contributed by atoms with E-state index in [1.54, 1.807) is 31.2 Å². The van der Waals surface area contributed by atoms with Crippen molar-refractivity contribution in [1.82, 2.24) is 9.29 Å². The van der Waals surface area contributed by atoms with E-state index in [9.17, 15) is 31.6 Å². The summed E-state index contributed by atoms with van der Waals surface area (Å²) in [7, 11) is -3.27. The van der Waals surface area contributed by atoms with Crippen molar-refractivity contribution in [3.63, 3.8) is 0 Å². The van der Waals surface area contributed by atoms with E-state index in [1.165, 1.54) is 4.31 Å². The molecule has 1 saturated heterocycles. The summed E-state index contributed by atoms with van der Waals surface area (Å²) in [6, 6.07) is 10.5. The Morgan fingerprint density at radius 1 is 1.16 bits per heavy atom. The summed E-state index contributed by atoms with van der Waals surface area (Å²) in [4.78, 5) is 15.5. The van der Waals surface area contributed by atoms with Crippen LogP contribution >= 0.6 is 0 Å². The van der Waals surface area contributed by atoms with Crippen molar-refractivity contribution >= 4 is 26.8 Å². The second-order valence-corrected chi connectivity index (χ2v) is 11.9. The summed E-state index contributed by atoms with van der Waals surface area (Å²) >= 11 is 0. The van der Waals surface area contributed by atoms with Gasteiger partial charge in [-0.1, -0.05) is 6.07 Å². The molecule has 2 aromatic carbocycles. The molecule has 7 nitrogen and oxygen atoms in total. The lowest BCUT2D eigenvalue weighted by molar-refractivity contribution is -0.135. The highest BCUT2D eigenvalue weighted by atomic mass is 32.2. The molecular formula is C27H29F3N4O3S. The highest BCUT2D eigenvalue weighted by molar-refractivity contribution is 7.89. The van der Waals surface area contributed by atoms with Crippen LogP contribution in [0.5, 0.6) is 0 Å². The molecule has 1 aliphatic heterocycles. The van der Waals surface area contributed by atoms with Gasteiger partial charge in [0.1, 0.15) is 0 Å². The molecule has 11 heteroatoms. The predicted octanol–water partition coefficient (Wildman–Crippen LogP) is 5.22. The largest absolute Gasteiger partial charge is 0.389 e. The summed E-state index contributed by atoms with van der Waals surface area (Å²) in [5.41, 5.74) is 9.60. The minimum Gasteiger partial charge on any atom is -0.366 e. The number of piperidine rings is 1. The van der Waals surface area contributed by atoms with E-state index in [0.29, 0.717) is 53.7 Å². The number of halogens is 3. The number of aromatic amines is 1. The number of nitriles is 1. The Hall–Kier alpha value is -3.36. The van der Waals surface area contributed by atoms with Crippen LogP contribution in [0.25, 0.3) is 22.0 Å². The molecule has 0 radical (unpaired) electrons. The summed E-state index contributed by atoms with van der Waals surface area (Å²) < 4.78 is 64.0. The Morgan fingerprint density at radius 2 is 1.84 bits per heavy atom. The zero-order valence-electron chi connectivity index (χ0n) is 20.9. The number of H-pyrrole nitrogens is 1. The summed E-state index contributed by atoms with van der Waals surface area (Å²) in [6.07, 6.45) is -2.05. The van der Waals surface area contributed by atoms with E-state index in [0.717, 1.165) is 10.9 Å². The monoisotopic (exact) mass is 546 g/mol. The lowest BCUT2D eigenvalue weighted by Crippen LogP contribution is -2.38. The number of hydrogen-bond donors (Lipinski definition) is 2. The molecule has 0 unspecified atom stereocenters. The molecule has 202 valence electrons. The van der Waals surface area contributed by atoms with Crippen LogP contribution in [0.3, 0.4) is 0 Å². The normalized spacial score (nSPS) is 15.6. The van der Waals surface area contributed by atoms with Gasteiger partial charge in [-0.2, -0.15) is 18.4 Å². The maximum atomic E-state index is 12.6. The fourth-order valence-electron chi connectivity index (χ4n) is 5.14. The van der Waals surface area contributed by atoms with Crippen molar-refractivity contribution in [2.75, 3.05) is 18.8 Å². The lowest BCUT2D eigenvalue weighted by Gasteiger charge is -2.31. The molecule has 1 aromatic heterocycles. The Labute approximate surface area is 219 Å². The lowest BCUT2D eigenvalue weighted by atomic mass is 9.88. The minimum absolute atomic E-state index is 0.0516. The second kappa shape index (κ2) is 10.8. The fourth-order valence-corrected chi connectivity index (χ4v) is 6.27. The molecule has 4 rings (SSSR count). The van der Waals surface area contributed by atoms with Crippen molar-refractivity contribution in [2.24, 2.45) is 5.73 Å². The number of fused-ring (bicyclic) bond motifs is 1. The quantitative estimate of drug-likeness (QED) is 0.402. The number of aromatic nitrogens is 1. The number of sulfonamides is 1. The second-order valence-electron chi connectivity index (χ2n) is 9.63. The third-order valence-electron chi connectivity index (χ3n) is 7.12. The van der Waals surface area contributed by atoms with Crippen LogP contribution < -0.4 is 5.73 Å². The molecule has 3 N–H and O–H groups in total. The average Bonchev–Trinajstić information content (AvgIpc) is 3.31. The molecule has 1 fully saturated rings. The molecule has 0 saturated carbocycles. The van der Waals surface area contributed by atoms with Crippen molar-refractivity contribution in [2.45, 2.75) is 51.1 Å². The average molecular weight is 547 g/mol. The Morgan fingerprint density at radius 3 is 2.45 bits per heavy atom. The van der Waals surface area contributed by atoms with Crippen molar-refractivity contribution < 1.29 is 26.4 Å². The topological polar surface area (TPSA) is 120 Å². The Bertz CT molecular complexity index is 1500. The predicted molar refractivity (Wildman–Crippen MR) is 139 cm³/mol. The SMILES string of the molecule is CCS(=O)(=O)N1CCC(c2c[nH]c3c(C(N)=O)cc(-c4cc(C#N)cc(CCCC(F)(F)F)c4)cc23)CC1. The van der Waals surface area contributed by atoms with Crippen LogP contribution in [0.2, 0.25) is 0 Å². The molecule has 2 heterocycles. The summed E-state index contributed by atoms with van der Waals surface area (Å²) in [5.74, 6) is -0.530. The van der Waals surface area contributed by atoms with E-state index in [2.05, 4.69) is 11.1 Å². The summed E-state index contributed by atoms with van der Waals surface area (Å²) in [5, 5.41) is 10.3. The first-order valence-corrected chi connectivity index (χ1v) is 14.1. The number of amides is 1. The van der Waals surface area contributed by atoms with Gasteiger partial charge in [-0.25, -0.2) is 12.7 Å². The van der Waals surface area contributed by atoms with Gasteiger partial charge < -0.3 is 10.7 Å². The standard InChI is InChI=1S/C27H29F3N4O3S/c1-2-38(36,37)34-8-5-19(6-9-34)24-16-33-25-22(24)13-21(14-23(25)26(32)35)20-11-17(10-18(12-20)15-31)4-3-7-27(28,29)30/h10-14,16,19,33H,2-9H2,1H3,(H2,32,35). The maximum absolute atomic E-state index is 12.6. The number of hydrogen-bond acceptors (Lipinski definition) is 4. The number of carbonyl (C=O) groups excluding carboxylic acids is 1. The van der Waals surface area contributed by atoms with Gasteiger partial charge in [0.2, 0.25) is 10.0 Å². The molecular weight excluding hydrogens is 517 g/mol. The first kappa shape index (κ1) is 27.7. The van der Waals surface area contributed by atoms with E-state index >= 15 is 0 Å². The number of aryl methyl sites for hydroxylation is 1. The molecule has 3 aromatic rings.